The Bertz CT molecular complexity index is 1460. The number of hydrogen-bond acceptors (Lipinski definition) is 6. The molecule has 0 saturated heterocycles. The van der Waals surface area contributed by atoms with Crippen LogP contribution in [0.3, 0.4) is 0 Å². The second-order valence-electron chi connectivity index (χ2n) is 7.67. The van der Waals surface area contributed by atoms with Crippen molar-refractivity contribution in [3.05, 3.63) is 88.3 Å². The van der Waals surface area contributed by atoms with Crippen LogP contribution in [0.4, 0.5) is 18.9 Å². The fourth-order valence-corrected chi connectivity index (χ4v) is 3.34. The minimum atomic E-state index is -5.01. The summed E-state index contributed by atoms with van der Waals surface area (Å²) < 4.78 is 62.0. The summed E-state index contributed by atoms with van der Waals surface area (Å²) in [5, 5.41) is 2.53. The average Bonchev–Trinajstić information content (AvgIpc) is 2.85. The summed E-state index contributed by atoms with van der Waals surface area (Å²) in [6.45, 7) is 1.42. The van der Waals surface area contributed by atoms with Crippen molar-refractivity contribution >= 4 is 22.6 Å². The predicted molar refractivity (Wildman–Crippen MR) is 126 cm³/mol. The quantitative estimate of drug-likeness (QED) is 0.339. The third-order valence-corrected chi connectivity index (χ3v) is 5.15. The number of rotatable bonds is 7. The van der Waals surface area contributed by atoms with Crippen LogP contribution in [0.5, 0.6) is 23.0 Å². The van der Waals surface area contributed by atoms with Gasteiger partial charge in [-0.15, -0.1) is 0 Å². The van der Waals surface area contributed by atoms with E-state index in [-0.39, 0.29) is 22.5 Å². The minimum absolute atomic E-state index is 0.00688. The Balaban J connectivity index is 1.60. The van der Waals surface area contributed by atoms with Crippen molar-refractivity contribution in [2.75, 3.05) is 19.0 Å². The molecule has 0 aliphatic carbocycles. The lowest BCUT2D eigenvalue weighted by Crippen LogP contribution is -2.20. The Labute approximate surface area is 203 Å². The first-order valence-corrected chi connectivity index (χ1v) is 10.6. The van der Waals surface area contributed by atoms with E-state index in [1.54, 1.807) is 12.1 Å². The first-order chi connectivity index (χ1) is 17.2. The van der Waals surface area contributed by atoms with Crippen LogP contribution < -0.4 is 25.0 Å². The van der Waals surface area contributed by atoms with Crippen molar-refractivity contribution in [1.82, 2.24) is 0 Å². The van der Waals surface area contributed by atoms with Crippen LogP contribution in [-0.2, 0) is 11.0 Å². The molecule has 0 unspecified atom stereocenters. The summed E-state index contributed by atoms with van der Waals surface area (Å²) >= 11 is 0. The number of benzene rings is 3. The average molecular weight is 499 g/mol. The molecule has 0 aliphatic rings. The van der Waals surface area contributed by atoms with E-state index in [2.05, 4.69) is 5.32 Å². The second kappa shape index (κ2) is 10.0. The summed E-state index contributed by atoms with van der Waals surface area (Å²) in [6, 6.07) is 16.5. The molecule has 1 heterocycles. The second-order valence-corrected chi connectivity index (χ2v) is 7.67. The van der Waals surface area contributed by atoms with E-state index in [0.29, 0.717) is 11.4 Å². The van der Waals surface area contributed by atoms with Gasteiger partial charge in [0.15, 0.2) is 6.61 Å². The molecule has 1 aromatic heterocycles. The Morgan fingerprint density at radius 1 is 0.972 bits per heavy atom. The Morgan fingerprint density at radius 2 is 1.64 bits per heavy atom. The molecule has 7 nitrogen and oxygen atoms in total. The number of alkyl halides is 3. The summed E-state index contributed by atoms with van der Waals surface area (Å²) in [5.74, 6) is -2.55. The number of amides is 1. The highest BCUT2D eigenvalue weighted by Crippen LogP contribution is 2.38. The van der Waals surface area contributed by atoms with Crippen molar-refractivity contribution in [2.24, 2.45) is 0 Å². The first-order valence-electron chi connectivity index (χ1n) is 10.6. The van der Waals surface area contributed by atoms with Crippen LogP contribution in [0.2, 0.25) is 0 Å². The van der Waals surface area contributed by atoms with Gasteiger partial charge in [-0.05, 0) is 55.0 Å². The largest absolute Gasteiger partial charge is 0.497 e. The lowest BCUT2D eigenvalue weighted by Gasteiger charge is -2.14. The highest BCUT2D eigenvalue weighted by Gasteiger charge is 2.40. The zero-order chi connectivity index (χ0) is 25.9. The zero-order valence-corrected chi connectivity index (χ0v) is 19.1. The topological polar surface area (TPSA) is 87.0 Å². The number of halogens is 3. The molecule has 36 heavy (non-hydrogen) atoms. The number of anilines is 1. The van der Waals surface area contributed by atoms with Crippen molar-refractivity contribution in [3.8, 4) is 23.0 Å². The highest BCUT2D eigenvalue weighted by atomic mass is 19.4. The third-order valence-electron chi connectivity index (χ3n) is 5.15. The predicted octanol–water partition coefficient (Wildman–Crippen LogP) is 5.94. The molecular weight excluding hydrogens is 479 g/mol. The molecular formula is C26H20F3NO6. The van der Waals surface area contributed by atoms with Gasteiger partial charge < -0.3 is 23.9 Å². The van der Waals surface area contributed by atoms with E-state index >= 15 is 0 Å². The maximum atomic E-state index is 13.8. The monoisotopic (exact) mass is 499 g/mol. The first kappa shape index (κ1) is 24.6. The van der Waals surface area contributed by atoms with E-state index in [4.69, 9.17) is 18.6 Å². The number of carbonyl (C=O) groups is 1. The van der Waals surface area contributed by atoms with E-state index in [9.17, 15) is 22.8 Å². The van der Waals surface area contributed by atoms with Crippen LogP contribution in [0.15, 0.2) is 75.9 Å². The fourth-order valence-electron chi connectivity index (χ4n) is 3.34. The lowest BCUT2D eigenvalue weighted by molar-refractivity contribution is -0.154. The molecule has 10 heteroatoms. The highest BCUT2D eigenvalue weighted by molar-refractivity contribution is 5.92. The number of fused-ring (bicyclic) bond motifs is 1. The van der Waals surface area contributed by atoms with Crippen LogP contribution >= 0.6 is 0 Å². The van der Waals surface area contributed by atoms with Gasteiger partial charge in [-0.3, -0.25) is 9.59 Å². The van der Waals surface area contributed by atoms with Crippen molar-refractivity contribution in [1.29, 1.82) is 0 Å². The van der Waals surface area contributed by atoms with Crippen molar-refractivity contribution in [2.45, 2.75) is 13.1 Å². The molecule has 1 N–H and O–H groups in total. The van der Waals surface area contributed by atoms with E-state index in [1.807, 2.05) is 19.1 Å². The van der Waals surface area contributed by atoms with Gasteiger partial charge in [0.25, 0.3) is 11.7 Å². The third kappa shape index (κ3) is 5.43. The van der Waals surface area contributed by atoms with Gasteiger partial charge in [-0.2, -0.15) is 13.2 Å². The van der Waals surface area contributed by atoms with Gasteiger partial charge >= 0.3 is 6.18 Å². The van der Waals surface area contributed by atoms with Crippen molar-refractivity contribution in [3.63, 3.8) is 0 Å². The molecule has 0 radical (unpaired) electrons. The molecule has 0 spiro atoms. The Hall–Kier alpha value is -4.47. The van der Waals surface area contributed by atoms with Gasteiger partial charge in [0, 0.05) is 11.8 Å². The molecule has 186 valence electrons. The summed E-state index contributed by atoms with van der Waals surface area (Å²) in [5.41, 5.74) is 0.0787. The summed E-state index contributed by atoms with van der Waals surface area (Å²) in [4.78, 5) is 25.1. The standard InChI is InChI=1S/C26H20F3NO6/c1-15-5-3-4-6-20(15)30-22(31)14-34-18-11-12-19-21(13-18)36-25(26(27,28)29)24(23(19)32)35-17-9-7-16(33-2)8-10-17/h3-13H,14H2,1-2H3,(H,30,31). The molecule has 0 fully saturated rings. The fraction of sp³-hybridized carbons (Fsp3) is 0.154. The maximum Gasteiger partial charge on any atom is 0.453 e. The van der Waals surface area contributed by atoms with Gasteiger partial charge in [-0.1, -0.05) is 18.2 Å². The number of methoxy groups -OCH3 is 1. The van der Waals surface area contributed by atoms with Crippen LogP contribution in [-0.4, -0.2) is 19.6 Å². The molecule has 0 saturated carbocycles. The normalized spacial score (nSPS) is 11.2. The van der Waals surface area contributed by atoms with Gasteiger partial charge in [0.2, 0.25) is 11.2 Å². The zero-order valence-electron chi connectivity index (χ0n) is 19.1. The van der Waals surface area contributed by atoms with Crippen LogP contribution in [0.1, 0.15) is 11.3 Å². The number of hydrogen-bond donors (Lipinski definition) is 1. The number of para-hydroxylation sites is 1. The molecule has 1 amide bonds. The van der Waals surface area contributed by atoms with E-state index < -0.39 is 35.6 Å². The van der Waals surface area contributed by atoms with E-state index in [1.165, 1.54) is 43.5 Å². The summed E-state index contributed by atoms with van der Waals surface area (Å²) in [6.07, 6.45) is -5.01. The smallest absolute Gasteiger partial charge is 0.453 e. The molecule has 0 bridgehead atoms. The number of aryl methyl sites for hydroxylation is 1. The van der Waals surface area contributed by atoms with Gasteiger partial charge in [0.1, 0.15) is 22.8 Å². The molecule has 4 aromatic rings. The van der Waals surface area contributed by atoms with Gasteiger partial charge in [0.05, 0.1) is 12.5 Å². The minimum Gasteiger partial charge on any atom is -0.497 e. The lowest BCUT2D eigenvalue weighted by atomic mass is 10.2. The Morgan fingerprint density at radius 3 is 2.31 bits per heavy atom. The molecule has 4 rings (SSSR count). The Kier molecular flexibility index (Phi) is 6.86. The van der Waals surface area contributed by atoms with Crippen LogP contribution in [0.25, 0.3) is 11.0 Å². The van der Waals surface area contributed by atoms with E-state index in [0.717, 1.165) is 11.6 Å². The molecule has 0 atom stereocenters. The number of nitrogens with one attached hydrogen (secondary N) is 1. The maximum absolute atomic E-state index is 13.8. The van der Waals surface area contributed by atoms with Crippen LogP contribution in [0, 0.1) is 6.92 Å². The molecule has 0 aliphatic heterocycles. The summed E-state index contributed by atoms with van der Waals surface area (Å²) in [7, 11) is 1.43. The SMILES string of the molecule is COc1ccc(Oc2c(C(F)(F)F)oc3cc(OCC(=O)Nc4ccccc4C)ccc3c2=O)cc1. The molecule has 3 aromatic carbocycles. The number of ether oxygens (including phenoxy) is 3. The number of carbonyl (C=O) groups excluding carboxylic acids is 1. The van der Waals surface area contributed by atoms with Gasteiger partial charge in [-0.25, -0.2) is 0 Å². The van der Waals surface area contributed by atoms with Crippen molar-refractivity contribution < 1.29 is 36.6 Å².